The van der Waals surface area contributed by atoms with Crippen molar-refractivity contribution in [3.05, 3.63) is 65.7 Å². The smallest absolute Gasteiger partial charge is 0.191 e. The maximum Gasteiger partial charge on any atom is 0.191 e. The fraction of sp³-hybridized carbons (Fsp3) is 0.500. The van der Waals surface area contributed by atoms with Crippen LogP contribution < -0.4 is 15.5 Å². The Bertz CT molecular complexity index is 866. The van der Waals surface area contributed by atoms with Crippen LogP contribution in [-0.4, -0.2) is 63.8 Å². The molecular formula is C26H38IN5O. The molecule has 2 aromatic rings. The summed E-state index contributed by atoms with van der Waals surface area (Å²) < 4.78 is 5.58. The van der Waals surface area contributed by atoms with E-state index in [0.717, 1.165) is 51.9 Å². The molecule has 33 heavy (non-hydrogen) atoms. The van der Waals surface area contributed by atoms with Crippen LogP contribution in [-0.2, 0) is 4.74 Å². The van der Waals surface area contributed by atoms with Crippen molar-refractivity contribution in [2.45, 2.75) is 31.8 Å². The minimum absolute atomic E-state index is 0. The third kappa shape index (κ3) is 7.07. The number of hydrogen-bond donors (Lipinski definition) is 2. The lowest BCUT2D eigenvalue weighted by Gasteiger charge is -2.35. The molecule has 0 bridgehead atoms. The number of anilines is 1. The molecule has 2 unspecified atom stereocenters. The second-order valence-electron chi connectivity index (χ2n) is 8.68. The number of hydrogen-bond acceptors (Lipinski definition) is 4. The lowest BCUT2D eigenvalue weighted by Crippen LogP contribution is -2.46. The molecule has 0 saturated carbocycles. The van der Waals surface area contributed by atoms with Crippen LogP contribution in [0.4, 0.5) is 5.69 Å². The normalized spacial score (nSPS) is 19.0. The Kier molecular flexibility index (Phi) is 10.3. The summed E-state index contributed by atoms with van der Waals surface area (Å²) in [4.78, 5) is 9.49. The number of nitrogens with zero attached hydrogens (tertiary/aromatic N) is 3. The van der Waals surface area contributed by atoms with Crippen molar-refractivity contribution in [1.82, 2.24) is 15.5 Å². The van der Waals surface area contributed by atoms with Gasteiger partial charge in [0.2, 0.25) is 0 Å². The summed E-state index contributed by atoms with van der Waals surface area (Å²) in [6.07, 6.45) is 2.58. The topological polar surface area (TPSA) is 52.1 Å². The minimum atomic E-state index is 0. The predicted molar refractivity (Wildman–Crippen MR) is 148 cm³/mol. The highest BCUT2D eigenvalue weighted by Gasteiger charge is 2.23. The molecule has 2 aromatic carbocycles. The van der Waals surface area contributed by atoms with Gasteiger partial charge in [0.05, 0.1) is 25.3 Å². The summed E-state index contributed by atoms with van der Waals surface area (Å²) in [6.45, 7) is 8.81. The van der Waals surface area contributed by atoms with E-state index in [-0.39, 0.29) is 36.1 Å². The van der Waals surface area contributed by atoms with Gasteiger partial charge in [0, 0.05) is 45.5 Å². The van der Waals surface area contributed by atoms with Crippen LogP contribution >= 0.6 is 24.0 Å². The number of halogens is 1. The second-order valence-corrected chi connectivity index (χ2v) is 8.68. The number of rotatable bonds is 7. The molecule has 2 aliphatic heterocycles. The first-order valence-corrected chi connectivity index (χ1v) is 11.9. The summed E-state index contributed by atoms with van der Waals surface area (Å²) in [5.41, 5.74) is 3.93. The molecule has 7 heteroatoms. The van der Waals surface area contributed by atoms with Gasteiger partial charge in [-0.15, -0.1) is 24.0 Å². The van der Waals surface area contributed by atoms with E-state index in [1.54, 1.807) is 0 Å². The van der Waals surface area contributed by atoms with Crippen LogP contribution in [0.5, 0.6) is 0 Å². The Hall–Kier alpha value is -1.84. The molecule has 2 atom stereocenters. The first kappa shape index (κ1) is 25.8. The monoisotopic (exact) mass is 563 g/mol. The molecule has 0 aliphatic carbocycles. The number of nitrogens with one attached hydrogen (secondary N) is 2. The average Bonchev–Trinajstić information content (AvgIpc) is 3.40. The highest BCUT2D eigenvalue weighted by atomic mass is 127. The molecule has 2 heterocycles. The summed E-state index contributed by atoms with van der Waals surface area (Å²) in [5, 5.41) is 7.17. The number of morpholine rings is 1. The highest BCUT2D eigenvalue weighted by molar-refractivity contribution is 14.0. The minimum Gasteiger partial charge on any atom is -0.379 e. The van der Waals surface area contributed by atoms with E-state index in [1.165, 1.54) is 29.7 Å². The standard InChI is InChI=1S/C26H37N5O.HI/c1-21(23-11-8-12-24(19-23)30-13-6-7-14-30)29-26(27-2)28-20-25(22-9-4-3-5-10-22)31-15-17-32-18-16-31;/h3-5,8-12,19,21,25H,6-7,13-18,20H2,1-2H3,(H2,27,28,29);1H. The molecule has 2 fully saturated rings. The third-order valence-electron chi connectivity index (χ3n) is 6.55. The van der Waals surface area contributed by atoms with Gasteiger partial charge < -0.3 is 20.3 Å². The molecular weight excluding hydrogens is 525 g/mol. The summed E-state index contributed by atoms with van der Waals surface area (Å²) in [6, 6.07) is 20.1. The van der Waals surface area contributed by atoms with Gasteiger partial charge in [-0.2, -0.15) is 0 Å². The van der Waals surface area contributed by atoms with Crippen LogP contribution in [0.15, 0.2) is 59.6 Å². The zero-order chi connectivity index (χ0) is 22.2. The fourth-order valence-electron chi connectivity index (χ4n) is 4.66. The lowest BCUT2D eigenvalue weighted by molar-refractivity contribution is 0.0170. The van der Waals surface area contributed by atoms with Crippen molar-refractivity contribution >= 4 is 35.6 Å². The molecule has 4 rings (SSSR count). The zero-order valence-corrected chi connectivity index (χ0v) is 22.2. The van der Waals surface area contributed by atoms with Crippen molar-refractivity contribution in [1.29, 1.82) is 0 Å². The van der Waals surface area contributed by atoms with Crippen molar-refractivity contribution in [3.8, 4) is 0 Å². The Morgan fingerprint density at radius 3 is 2.36 bits per heavy atom. The van der Waals surface area contributed by atoms with E-state index in [2.05, 4.69) is 86.9 Å². The molecule has 2 N–H and O–H groups in total. The summed E-state index contributed by atoms with van der Waals surface area (Å²) >= 11 is 0. The van der Waals surface area contributed by atoms with Gasteiger partial charge in [-0.1, -0.05) is 42.5 Å². The van der Waals surface area contributed by atoms with Gasteiger partial charge >= 0.3 is 0 Å². The molecule has 6 nitrogen and oxygen atoms in total. The van der Waals surface area contributed by atoms with Crippen LogP contribution in [0.1, 0.15) is 43.0 Å². The molecule has 0 aromatic heterocycles. The second kappa shape index (κ2) is 13.2. The zero-order valence-electron chi connectivity index (χ0n) is 19.9. The van der Waals surface area contributed by atoms with Crippen molar-refractivity contribution in [2.24, 2.45) is 4.99 Å². The number of guanidine groups is 1. The Morgan fingerprint density at radius 2 is 1.67 bits per heavy atom. The summed E-state index contributed by atoms with van der Waals surface area (Å²) in [7, 11) is 1.84. The van der Waals surface area contributed by atoms with E-state index < -0.39 is 0 Å². The quantitative estimate of drug-likeness (QED) is 0.301. The van der Waals surface area contributed by atoms with Gasteiger partial charge in [-0.05, 0) is 43.0 Å². The Labute approximate surface area is 215 Å². The van der Waals surface area contributed by atoms with Crippen LogP contribution in [0, 0.1) is 0 Å². The van der Waals surface area contributed by atoms with Crippen LogP contribution in [0.2, 0.25) is 0 Å². The predicted octanol–water partition coefficient (Wildman–Crippen LogP) is 4.20. The Morgan fingerprint density at radius 1 is 0.970 bits per heavy atom. The highest BCUT2D eigenvalue weighted by Crippen LogP contribution is 2.24. The first-order valence-electron chi connectivity index (χ1n) is 11.9. The van der Waals surface area contributed by atoms with E-state index in [9.17, 15) is 0 Å². The van der Waals surface area contributed by atoms with E-state index in [4.69, 9.17) is 4.74 Å². The number of ether oxygens (including phenoxy) is 1. The number of aliphatic imine (C=N–C) groups is 1. The molecule has 0 radical (unpaired) electrons. The van der Waals surface area contributed by atoms with Gasteiger partial charge in [0.25, 0.3) is 0 Å². The maximum atomic E-state index is 5.58. The molecule has 2 aliphatic rings. The largest absolute Gasteiger partial charge is 0.379 e. The van der Waals surface area contributed by atoms with Gasteiger partial charge in [0.15, 0.2) is 5.96 Å². The third-order valence-corrected chi connectivity index (χ3v) is 6.55. The van der Waals surface area contributed by atoms with E-state index >= 15 is 0 Å². The first-order chi connectivity index (χ1) is 15.7. The van der Waals surface area contributed by atoms with E-state index in [0.29, 0.717) is 0 Å². The molecule has 2 saturated heterocycles. The van der Waals surface area contributed by atoms with Crippen molar-refractivity contribution in [2.75, 3.05) is 57.9 Å². The van der Waals surface area contributed by atoms with E-state index in [1.807, 2.05) is 7.05 Å². The maximum absolute atomic E-state index is 5.58. The van der Waals surface area contributed by atoms with Gasteiger partial charge in [0.1, 0.15) is 0 Å². The van der Waals surface area contributed by atoms with Crippen LogP contribution in [0.3, 0.4) is 0 Å². The summed E-state index contributed by atoms with van der Waals surface area (Å²) in [5.74, 6) is 0.832. The molecule has 0 amide bonds. The van der Waals surface area contributed by atoms with Crippen molar-refractivity contribution in [3.63, 3.8) is 0 Å². The molecule has 180 valence electrons. The SMILES string of the molecule is CN=C(NCC(c1ccccc1)N1CCOCC1)NC(C)c1cccc(N2CCCC2)c1.I. The average molecular weight is 564 g/mol. The molecule has 0 spiro atoms. The van der Waals surface area contributed by atoms with Gasteiger partial charge in [-0.25, -0.2) is 0 Å². The van der Waals surface area contributed by atoms with Crippen LogP contribution in [0.25, 0.3) is 0 Å². The number of benzene rings is 2. The van der Waals surface area contributed by atoms with Gasteiger partial charge in [-0.3, -0.25) is 9.89 Å². The fourth-order valence-corrected chi connectivity index (χ4v) is 4.66. The lowest BCUT2D eigenvalue weighted by atomic mass is 10.0. The van der Waals surface area contributed by atoms with Crippen molar-refractivity contribution < 1.29 is 4.74 Å². The Balaban J connectivity index is 0.00000306.